The Kier molecular flexibility index (Phi) is 22.7. The van der Waals surface area contributed by atoms with Gasteiger partial charge in [-0.1, -0.05) is 107 Å². The number of urea groups is 1. The number of nitrogens with one attached hydrogen (secondary N) is 6. The van der Waals surface area contributed by atoms with Crippen molar-refractivity contribution in [2.45, 2.75) is 160 Å². The summed E-state index contributed by atoms with van der Waals surface area (Å²) in [5, 5.41) is 27.8. The molecular weight excluding hydrogens is 1220 g/mol. The topological polar surface area (TPSA) is 321 Å². The van der Waals surface area contributed by atoms with Crippen molar-refractivity contribution in [1.29, 1.82) is 0 Å². The Hall–Kier alpha value is -8.23. The summed E-state index contributed by atoms with van der Waals surface area (Å²) in [7, 11) is 0. The van der Waals surface area contributed by atoms with Crippen molar-refractivity contribution in [2.75, 3.05) is 49.9 Å². The number of hydrogen-bond donors (Lipinski definition) is 8. The van der Waals surface area contributed by atoms with Crippen molar-refractivity contribution in [3.05, 3.63) is 119 Å². The number of primary amides is 1. The predicted octanol–water partition coefficient (Wildman–Crippen LogP) is 6.70. The number of carbonyl (C=O) groups is 9. The fraction of sp³-hybridized carbons (Fsp3) is 0.522. The monoisotopic (exact) mass is 1300 g/mol. The summed E-state index contributed by atoms with van der Waals surface area (Å²) < 4.78 is 63.6. The number of para-hydroxylation sites is 1. The summed E-state index contributed by atoms with van der Waals surface area (Å²) in [6.07, 6.45) is 2.67. The fourth-order valence-corrected chi connectivity index (χ4v) is 14.5. The van der Waals surface area contributed by atoms with E-state index in [2.05, 4.69) is 31.9 Å². The molecule has 94 heavy (non-hydrogen) atoms. The minimum Gasteiger partial charge on any atom is -0.445 e. The van der Waals surface area contributed by atoms with Crippen LogP contribution in [0.15, 0.2) is 96.6 Å². The van der Waals surface area contributed by atoms with Crippen LogP contribution in [0.25, 0.3) is 12.2 Å². The van der Waals surface area contributed by atoms with E-state index < -0.39 is 131 Å². The van der Waals surface area contributed by atoms with Crippen LogP contribution >= 0.6 is 0 Å². The Balaban J connectivity index is 0.700. The summed E-state index contributed by atoms with van der Waals surface area (Å²) in [5.41, 5.74) is 2.80. The van der Waals surface area contributed by atoms with Crippen molar-refractivity contribution in [3.63, 3.8) is 0 Å². The molecular formula is C69H86F2N8O15. The van der Waals surface area contributed by atoms with E-state index in [1.165, 1.54) is 19.1 Å². The number of alkyl halides is 2. The highest BCUT2D eigenvalue weighted by Crippen LogP contribution is 2.72. The van der Waals surface area contributed by atoms with Crippen molar-refractivity contribution in [2.24, 2.45) is 34.3 Å². The first-order valence-corrected chi connectivity index (χ1v) is 32.3. The maximum atomic E-state index is 17.9. The number of aliphatic hydroxyl groups excluding tert-OH is 1. The van der Waals surface area contributed by atoms with Crippen LogP contribution in [0.2, 0.25) is 0 Å². The molecule has 4 aliphatic carbocycles. The number of alkyl carbamates (subject to hydrolysis) is 1. The lowest BCUT2D eigenvalue weighted by atomic mass is 9.44. The number of ether oxygens (including phenoxy) is 5. The number of halogens is 2. The zero-order valence-electron chi connectivity index (χ0n) is 53.7. The second kappa shape index (κ2) is 30.5. The van der Waals surface area contributed by atoms with Gasteiger partial charge >= 0.3 is 12.1 Å². The van der Waals surface area contributed by atoms with Crippen molar-refractivity contribution < 1.29 is 80.7 Å². The minimum absolute atomic E-state index is 0.0107. The molecule has 9 rings (SSSR count). The van der Waals surface area contributed by atoms with Gasteiger partial charge in [0.15, 0.2) is 29.1 Å². The van der Waals surface area contributed by atoms with Gasteiger partial charge in [-0.15, -0.1) is 0 Å². The van der Waals surface area contributed by atoms with Gasteiger partial charge < -0.3 is 66.0 Å². The van der Waals surface area contributed by atoms with E-state index in [1.807, 2.05) is 67.6 Å². The molecule has 1 unspecified atom stereocenters. The van der Waals surface area contributed by atoms with Gasteiger partial charge in [0.2, 0.25) is 29.5 Å². The number of hydrogen-bond acceptors (Lipinski definition) is 15. The molecule has 506 valence electrons. The molecule has 9 N–H and O–H groups in total. The van der Waals surface area contributed by atoms with Gasteiger partial charge in [-0.3, -0.25) is 38.9 Å². The van der Waals surface area contributed by atoms with E-state index in [-0.39, 0.29) is 102 Å². The molecule has 0 bridgehead atoms. The molecule has 0 spiro atoms. The average molecular weight is 1310 g/mol. The Morgan fingerprint density at radius 3 is 2.30 bits per heavy atom. The second-order valence-electron chi connectivity index (χ2n) is 25.7. The highest BCUT2D eigenvalue weighted by molar-refractivity contribution is 6.02. The summed E-state index contributed by atoms with van der Waals surface area (Å²) in [5.74, 6) is -5.43. The van der Waals surface area contributed by atoms with Crippen LogP contribution in [0.5, 0.6) is 0 Å². The number of carbonyl (C=O) groups excluding carboxylic acids is 9. The Morgan fingerprint density at radius 1 is 0.819 bits per heavy atom. The standard InChI is InChI=1S/C69H86F2N8O15/c1-6-12-60-93-56-35-48-49-34-51(70)50-33-47(80)26-28-66(50,4)68(49,71)54(81)36-67(48,5)69(56,94-60)55(82)39-91-40-75-65(89)92-38-42-18-22-46(23-19-42)76-62(86)52(16-11-29-74-64(72)88)77-63(87)61(41(2)3)78-58(84)27-31-90-32-30-73-57(83)24-25-59(85)79-37-45-15-8-7-13-43(45)20-21-44-14-9-10-17-53(44)79/h7-10,13-15,17-23,26,28,33,41,48-49,51-52,54,56,60-61,81H,6,11-12,16,24-25,27,29-32,34-40H2,1-5H3,(H,73,83)(H,75,89)(H,76,86)(H,77,87)(H,78,84)(H3,72,74,88)/b21-20-/t48-,49-,51-,52-,54-,56+,60?,61-,66-,67-,68-,69+/m0/s1. The third-order valence-electron chi connectivity index (χ3n) is 19.3. The van der Waals surface area contributed by atoms with E-state index in [0.29, 0.717) is 30.6 Å². The normalized spacial score (nSPS) is 27.2. The number of amides is 8. The molecule has 0 radical (unpaired) electrons. The third kappa shape index (κ3) is 15.1. The van der Waals surface area contributed by atoms with E-state index in [1.54, 1.807) is 49.9 Å². The van der Waals surface area contributed by atoms with Crippen molar-refractivity contribution in [3.8, 4) is 0 Å². The molecule has 3 saturated carbocycles. The first-order chi connectivity index (χ1) is 44.9. The number of rotatable bonds is 28. The molecule has 6 aliphatic rings. The zero-order valence-corrected chi connectivity index (χ0v) is 53.7. The van der Waals surface area contributed by atoms with Crippen LogP contribution in [0.1, 0.15) is 121 Å². The smallest absolute Gasteiger partial charge is 0.409 e. The molecule has 2 aliphatic heterocycles. The molecule has 2 heterocycles. The molecule has 1 saturated heterocycles. The second-order valence-corrected chi connectivity index (χ2v) is 25.7. The molecule has 3 aromatic rings. The fourth-order valence-electron chi connectivity index (χ4n) is 14.5. The molecule has 25 heteroatoms. The number of benzene rings is 3. The number of aliphatic hydroxyl groups is 1. The lowest BCUT2D eigenvalue weighted by molar-refractivity contribution is -0.235. The Labute approximate surface area is 545 Å². The van der Waals surface area contributed by atoms with Gasteiger partial charge in [-0.25, -0.2) is 18.4 Å². The summed E-state index contributed by atoms with van der Waals surface area (Å²) >= 11 is 0. The maximum Gasteiger partial charge on any atom is 0.409 e. The first kappa shape index (κ1) is 70.1. The number of ketones is 2. The Bertz CT molecular complexity index is 3420. The molecule has 23 nitrogen and oxygen atoms in total. The van der Waals surface area contributed by atoms with Gasteiger partial charge in [0.25, 0.3) is 0 Å². The molecule has 3 aromatic carbocycles. The van der Waals surface area contributed by atoms with Crippen LogP contribution in [0, 0.1) is 28.6 Å². The number of Topliss-reactive ketones (excluding diaryl/α,β-unsaturated/α-hetero) is 1. The van der Waals surface area contributed by atoms with E-state index >= 15 is 8.78 Å². The maximum absolute atomic E-state index is 17.9. The SMILES string of the molecule is CCCC1O[C@@H]2C[C@H]3[C@@H]4C[C@H](F)C5=CC(=O)C=C[C@]5(C)[C@@]4(F)[C@@H](O)C[C@]3(C)[C@]2(C(=O)COCNC(=O)OCc2ccc(NC(=O)[C@H](CCCNC(N)=O)NC(=O)[C@@H](NC(=O)CCOCCNC(=O)CCC(=O)N3Cc4ccccc4/C=C\c4ccccc43)C(C)C)cc2)O1. The summed E-state index contributed by atoms with van der Waals surface area (Å²) in [6.45, 7) is 8.03. The number of anilines is 2. The molecule has 8 amide bonds. The van der Waals surface area contributed by atoms with E-state index in [9.17, 15) is 48.3 Å². The molecule has 0 aromatic heterocycles. The van der Waals surface area contributed by atoms with Gasteiger partial charge in [-0.05, 0) is 115 Å². The highest BCUT2D eigenvalue weighted by atomic mass is 19.1. The zero-order chi connectivity index (χ0) is 67.5. The van der Waals surface area contributed by atoms with Crippen LogP contribution in [-0.2, 0) is 70.4 Å². The number of fused-ring (bicyclic) bond motifs is 9. The lowest BCUT2D eigenvalue weighted by Crippen LogP contribution is -2.71. The number of nitrogens with zero attached hydrogens (tertiary/aromatic N) is 1. The van der Waals surface area contributed by atoms with Crippen molar-refractivity contribution in [1.82, 2.24) is 26.6 Å². The van der Waals surface area contributed by atoms with Gasteiger partial charge in [-0.2, -0.15) is 0 Å². The van der Waals surface area contributed by atoms with Crippen LogP contribution in [0.4, 0.5) is 29.7 Å². The molecule has 4 fully saturated rings. The largest absolute Gasteiger partial charge is 0.445 e. The average Bonchev–Trinajstić information content (AvgIpc) is 1.41. The number of allylic oxidation sites excluding steroid dienone is 4. The number of nitrogens with two attached hydrogens (primary N) is 1. The predicted molar refractivity (Wildman–Crippen MR) is 342 cm³/mol. The summed E-state index contributed by atoms with van der Waals surface area (Å²) in [6, 6.07) is 18.7. The van der Waals surface area contributed by atoms with Gasteiger partial charge in [0.1, 0.15) is 38.2 Å². The summed E-state index contributed by atoms with van der Waals surface area (Å²) in [4.78, 5) is 120. The van der Waals surface area contributed by atoms with Crippen LogP contribution < -0.4 is 42.5 Å². The highest BCUT2D eigenvalue weighted by Gasteiger charge is 2.80. The van der Waals surface area contributed by atoms with Crippen molar-refractivity contribution >= 4 is 76.8 Å². The van der Waals surface area contributed by atoms with E-state index in [0.717, 1.165) is 28.5 Å². The minimum atomic E-state index is -2.37. The quantitative estimate of drug-likeness (QED) is 0.0277. The van der Waals surface area contributed by atoms with E-state index in [4.69, 9.17) is 29.4 Å². The van der Waals surface area contributed by atoms with Gasteiger partial charge in [0, 0.05) is 54.8 Å². The molecule has 12 atom stereocenters. The lowest BCUT2D eigenvalue weighted by Gasteiger charge is -2.63. The Morgan fingerprint density at radius 2 is 1.55 bits per heavy atom. The third-order valence-corrected chi connectivity index (χ3v) is 19.3. The van der Waals surface area contributed by atoms with Crippen LogP contribution in [0.3, 0.4) is 0 Å². The van der Waals surface area contributed by atoms with Gasteiger partial charge in [0.05, 0.1) is 37.7 Å². The first-order valence-electron chi connectivity index (χ1n) is 32.3. The van der Waals surface area contributed by atoms with Crippen LogP contribution in [-0.4, -0.2) is 146 Å².